The number of methoxy groups -OCH3 is 1. The lowest BCUT2D eigenvalue weighted by atomic mass is 10.3. The number of halogens is 3. The van der Waals surface area contributed by atoms with Gasteiger partial charge < -0.3 is 15.2 Å². The molecule has 0 saturated carbocycles. The molecule has 6 nitrogen and oxygen atoms in total. The Balaban J connectivity index is 2.75. The Bertz CT molecular complexity index is 510. The van der Waals surface area contributed by atoms with Crippen molar-refractivity contribution in [2.75, 3.05) is 13.7 Å². The van der Waals surface area contributed by atoms with Crippen molar-refractivity contribution in [2.45, 2.75) is 6.10 Å². The highest BCUT2D eigenvalue weighted by Gasteiger charge is 2.20. The van der Waals surface area contributed by atoms with E-state index in [-0.39, 0.29) is 27.3 Å². The van der Waals surface area contributed by atoms with Gasteiger partial charge in [0.05, 0.1) is 28.7 Å². The van der Waals surface area contributed by atoms with E-state index in [4.69, 9.17) is 34.8 Å². The van der Waals surface area contributed by atoms with Crippen LogP contribution in [0.1, 0.15) is 10.5 Å². The molecule has 0 bridgehead atoms. The minimum atomic E-state index is -1.48. The second kappa shape index (κ2) is 6.91. The number of hydrogen-bond acceptors (Lipinski definition) is 5. The molecular weight excluding hydrogens is 318 g/mol. The molecule has 0 fully saturated rings. The summed E-state index contributed by atoms with van der Waals surface area (Å²) in [6.07, 6.45) is -0.308. The monoisotopic (exact) mass is 326 g/mol. The fourth-order valence-electron chi connectivity index (χ4n) is 1.09. The normalized spacial score (nSPS) is 11.8. The van der Waals surface area contributed by atoms with Crippen LogP contribution in [-0.2, 0) is 9.53 Å². The van der Waals surface area contributed by atoms with Gasteiger partial charge in [0.2, 0.25) is 0 Å². The molecule has 0 spiro atoms. The molecule has 1 atom stereocenters. The number of aromatic nitrogens is 1. The van der Waals surface area contributed by atoms with Crippen LogP contribution in [0.5, 0.6) is 0 Å². The number of ether oxygens (including phenoxy) is 1. The van der Waals surface area contributed by atoms with Gasteiger partial charge in [0, 0.05) is 6.20 Å². The van der Waals surface area contributed by atoms with E-state index in [1.807, 2.05) is 0 Å². The summed E-state index contributed by atoms with van der Waals surface area (Å²) in [7, 11) is 1.12. The molecule has 1 aromatic heterocycles. The molecular formula is C10H9Cl3N2O4. The maximum Gasteiger partial charge on any atom is 0.336 e. The van der Waals surface area contributed by atoms with Gasteiger partial charge in [-0.05, 0) is 0 Å². The summed E-state index contributed by atoms with van der Waals surface area (Å²) in [5, 5.41) is 11.5. The van der Waals surface area contributed by atoms with Crippen LogP contribution in [-0.4, -0.2) is 41.7 Å². The van der Waals surface area contributed by atoms with Gasteiger partial charge in [0.25, 0.3) is 5.91 Å². The van der Waals surface area contributed by atoms with E-state index in [1.54, 1.807) is 0 Å². The van der Waals surface area contributed by atoms with Crippen molar-refractivity contribution in [2.24, 2.45) is 0 Å². The molecule has 0 radical (unpaired) electrons. The molecule has 1 heterocycles. The number of esters is 1. The van der Waals surface area contributed by atoms with Crippen molar-refractivity contribution in [1.29, 1.82) is 0 Å². The molecule has 9 heteroatoms. The van der Waals surface area contributed by atoms with Crippen LogP contribution in [0.2, 0.25) is 15.1 Å². The van der Waals surface area contributed by atoms with Crippen LogP contribution in [0.25, 0.3) is 0 Å². The van der Waals surface area contributed by atoms with E-state index >= 15 is 0 Å². The van der Waals surface area contributed by atoms with Crippen molar-refractivity contribution in [3.8, 4) is 0 Å². The van der Waals surface area contributed by atoms with Gasteiger partial charge >= 0.3 is 5.97 Å². The lowest BCUT2D eigenvalue weighted by molar-refractivity contribution is -0.149. The molecule has 1 amide bonds. The first kappa shape index (κ1) is 16.0. The molecule has 1 aromatic rings. The number of nitrogens with one attached hydrogen (secondary N) is 1. The van der Waals surface area contributed by atoms with Gasteiger partial charge in [0.15, 0.2) is 6.10 Å². The number of pyridine rings is 1. The number of aliphatic hydroxyl groups is 1. The van der Waals surface area contributed by atoms with Crippen molar-refractivity contribution >= 4 is 46.7 Å². The summed E-state index contributed by atoms with van der Waals surface area (Å²) < 4.78 is 4.29. The van der Waals surface area contributed by atoms with Crippen molar-refractivity contribution in [3.63, 3.8) is 0 Å². The second-order valence-electron chi connectivity index (χ2n) is 3.33. The fraction of sp³-hybridized carbons (Fsp3) is 0.300. The third kappa shape index (κ3) is 3.94. The van der Waals surface area contributed by atoms with E-state index in [1.165, 1.54) is 6.20 Å². The van der Waals surface area contributed by atoms with Crippen molar-refractivity contribution < 1.29 is 19.4 Å². The molecule has 0 aromatic carbocycles. The molecule has 0 saturated heterocycles. The summed E-state index contributed by atoms with van der Waals surface area (Å²) >= 11 is 17.2. The first-order chi connectivity index (χ1) is 8.88. The molecule has 2 N–H and O–H groups in total. The zero-order chi connectivity index (χ0) is 14.6. The van der Waals surface area contributed by atoms with Gasteiger partial charge in [-0.2, -0.15) is 0 Å². The van der Waals surface area contributed by atoms with Crippen LogP contribution in [0.4, 0.5) is 0 Å². The minimum absolute atomic E-state index is 0.00278. The van der Waals surface area contributed by atoms with Crippen LogP contribution in [0, 0.1) is 0 Å². The highest BCUT2D eigenvalue weighted by Crippen LogP contribution is 2.30. The van der Waals surface area contributed by atoms with Gasteiger partial charge in [-0.1, -0.05) is 34.8 Å². The van der Waals surface area contributed by atoms with E-state index in [0.717, 1.165) is 7.11 Å². The van der Waals surface area contributed by atoms with E-state index < -0.39 is 18.0 Å². The minimum Gasteiger partial charge on any atom is -0.467 e. The zero-order valence-corrected chi connectivity index (χ0v) is 11.9. The lowest BCUT2D eigenvalue weighted by Crippen LogP contribution is -2.37. The smallest absolute Gasteiger partial charge is 0.336 e. The predicted octanol–water partition coefficient (Wildman–Crippen LogP) is 1.31. The van der Waals surface area contributed by atoms with Gasteiger partial charge in [-0.3, -0.25) is 4.79 Å². The number of amides is 1. The number of carbonyl (C=O) groups excluding carboxylic acids is 2. The Hall–Kier alpha value is -1.08. The average Bonchev–Trinajstić information content (AvgIpc) is 2.41. The SMILES string of the molecule is COC(=O)C(O)CNC(=O)c1ncc(Cl)c(Cl)c1Cl. The van der Waals surface area contributed by atoms with Crippen LogP contribution >= 0.6 is 34.8 Å². The average molecular weight is 328 g/mol. The predicted molar refractivity (Wildman–Crippen MR) is 69.6 cm³/mol. The summed E-state index contributed by atoms with van der Waals surface area (Å²) in [5.74, 6) is -1.57. The summed E-state index contributed by atoms with van der Waals surface area (Å²) in [6.45, 7) is -0.343. The number of nitrogens with zero attached hydrogens (tertiary/aromatic N) is 1. The molecule has 19 heavy (non-hydrogen) atoms. The van der Waals surface area contributed by atoms with Crippen molar-refractivity contribution in [3.05, 3.63) is 27.0 Å². The fourth-order valence-corrected chi connectivity index (χ4v) is 1.66. The number of rotatable bonds is 4. The van der Waals surface area contributed by atoms with E-state index in [0.29, 0.717) is 0 Å². The quantitative estimate of drug-likeness (QED) is 0.814. The first-order valence-corrected chi connectivity index (χ1v) is 6.05. The van der Waals surface area contributed by atoms with Crippen LogP contribution < -0.4 is 5.32 Å². The molecule has 104 valence electrons. The Kier molecular flexibility index (Phi) is 5.81. The topological polar surface area (TPSA) is 88.5 Å². The number of carbonyl (C=O) groups is 2. The maximum atomic E-state index is 11.7. The second-order valence-corrected chi connectivity index (χ2v) is 4.49. The largest absolute Gasteiger partial charge is 0.467 e. The maximum absolute atomic E-state index is 11.7. The molecule has 0 aliphatic carbocycles. The van der Waals surface area contributed by atoms with Crippen LogP contribution in [0.15, 0.2) is 6.20 Å². The van der Waals surface area contributed by atoms with Gasteiger partial charge in [-0.25, -0.2) is 9.78 Å². The third-order valence-electron chi connectivity index (χ3n) is 2.06. The lowest BCUT2D eigenvalue weighted by Gasteiger charge is -2.10. The highest BCUT2D eigenvalue weighted by atomic mass is 35.5. The van der Waals surface area contributed by atoms with E-state index in [9.17, 15) is 14.7 Å². The Morgan fingerprint density at radius 2 is 2.05 bits per heavy atom. The van der Waals surface area contributed by atoms with Crippen molar-refractivity contribution in [1.82, 2.24) is 10.3 Å². The van der Waals surface area contributed by atoms with Gasteiger partial charge in [0.1, 0.15) is 5.69 Å². The number of hydrogen-bond donors (Lipinski definition) is 2. The molecule has 0 aliphatic rings. The Labute approximate surface area is 123 Å². The summed E-state index contributed by atoms with van der Waals surface area (Å²) in [4.78, 5) is 26.4. The third-order valence-corrected chi connectivity index (χ3v) is 3.30. The Morgan fingerprint density at radius 1 is 1.42 bits per heavy atom. The standard InChI is InChI=1S/C10H9Cl3N2O4/c1-19-10(18)5(16)3-15-9(17)8-7(13)6(12)4(11)2-14-8/h2,5,16H,3H2,1H3,(H,15,17). The first-order valence-electron chi connectivity index (χ1n) is 4.92. The summed E-state index contributed by atoms with van der Waals surface area (Å²) in [5.41, 5.74) is -0.159. The molecule has 1 unspecified atom stereocenters. The molecule has 0 aliphatic heterocycles. The molecule has 1 rings (SSSR count). The van der Waals surface area contributed by atoms with E-state index in [2.05, 4.69) is 15.0 Å². The summed E-state index contributed by atoms with van der Waals surface area (Å²) in [6, 6.07) is 0. The Morgan fingerprint density at radius 3 is 2.63 bits per heavy atom. The highest BCUT2D eigenvalue weighted by molar-refractivity contribution is 6.48. The van der Waals surface area contributed by atoms with Gasteiger partial charge in [-0.15, -0.1) is 0 Å². The van der Waals surface area contributed by atoms with Crippen LogP contribution in [0.3, 0.4) is 0 Å². The zero-order valence-electron chi connectivity index (χ0n) is 9.61. The number of aliphatic hydroxyl groups excluding tert-OH is 1.